The van der Waals surface area contributed by atoms with Gasteiger partial charge in [0.25, 0.3) is 0 Å². The van der Waals surface area contributed by atoms with Gasteiger partial charge in [0.15, 0.2) is 6.10 Å². The number of primary amides is 1. The summed E-state index contributed by atoms with van der Waals surface area (Å²) in [6.45, 7) is 0.860. The molecule has 0 saturated carbocycles. The van der Waals surface area contributed by atoms with Crippen LogP contribution in [0.4, 0.5) is 5.82 Å². The van der Waals surface area contributed by atoms with Gasteiger partial charge >= 0.3 is 0 Å². The average Bonchev–Trinajstić information content (AvgIpc) is 3.25. The molecule has 7 nitrogen and oxygen atoms in total. The number of para-hydroxylation sites is 1. The molecule has 0 saturated heterocycles. The molecule has 1 atom stereocenters. The molecule has 0 spiro atoms. The maximum absolute atomic E-state index is 11.3. The van der Waals surface area contributed by atoms with Crippen LogP contribution in [-0.2, 0) is 4.84 Å². The van der Waals surface area contributed by atoms with Crippen LogP contribution < -0.4 is 15.8 Å². The van der Waals surface area contributed by atoms with Crippen molar-refractivity contribution in [3.8, 4) is 16.9 Å². The fourth-order valence-electron chi connectivity index (χ4n) is 3.18. The summed E-state index contributed by atoms with van der Waals surface area (Å²) >= 11 is 0. The standard InChI is InChI=1S/C23H22N4O3/c24-23(28)17-10-11-25-22(12-17)26-14-18-13-19(30-27-18)15-29-21-9-5-4-8-20(21)16-6-2-1-3-7-16/h1-12,19H,13-15H2,(H2,24,28)(H,25,26). The summed E-state index contributed by atoms with van der Waals surface area (Å²) < 4.78 is 6.05. The van der Waals surface area contributed by atoms with E-state index in [1.807, 2.05) is 42.5 Å². The highest BCUT2D eigenvalue weighted by Gasteiger charge is 2.22. The number of carbonyl (C=O) groups excluding carboxylic acids is 1. The molecule has 152 valence electrons. The molecule has 0 aliphatic carbocycles. The lowest BCUT2D eigenvalue weighted by Crippen LogP contribution is -2.21. The topological polar surface area (TPSA) is 98.8 Å². The number of carbonyl (C=O) groups is 1. The van der Waals surface area contributed by atoms with E-state index in [2.05, 4.69) is 27.6 Å². The number of oxime groups is 1. The summed E-state index contributed by atoms with van der Waals surface area (Å²) in [5.41, 5.74) is 8.70. The van der Waals surface area contributed by atoms with E-state index >= 15 is 0 Å². The lowest BCUT2D eigenvalue weighted by atomic mass is 10.0. The number of nitrogens with two attached hydrogens (primary N) is 1. The van der Waals surface area contributed by atoms with Crippen LogP contribution in [0.15, 0.2) is 78.1 Å². The van der Waals surface area contributed by atoms with E-state index in [9.17, 15) is 4.79 Å². The molecule has 7 heteroatoms. The molecular formula is C23H22N4O3. The smallest absolute Gasteiger partial charge is 0.248 e. The normalized spacial score (nSPS) is 15.2. The van der Waals surface area contributed by atoms with Crippen molar-refractivity contribution in [3.05, 3.63) is 78.5 Å². The number of pyridine rings is 1. The Morgan fingerprint density at radius 3 is 2.77 bits per heavy atom. The number of hydrogen-bond donors (Lipinski definition) is 2. The predicted octanol–water partition coefficient (Wildman–Crippen LogP) is 3.48. The fourth-order valence-corrected chi connectivity index (χ4v) is 3.18. The molecule has 1 amide bonds. The van der Waals surface area contributed by atoms with Crippen molar-refractivity contribution in [2.24, 2.45) is 10.9 Å². The molecule has 0 radical (unpaired) electrons. The van der Waals surface area contributed by atoms with Crippen molar-refractivity contribution in [1.29, 1.82) is 0 Å². The number of rotatable bonds is 8. The fraction of sp³-hybridized carbons (Fsp3) is 0.174. The molecule has 2 aromatic carbocycles. The molecule has 0 fully saturated rings. The predicted molar refractivity (Wildman–Crippen MR) is 116 cm³/mol. The highest BCUT2D eigenvalue weighted by Crippen LogP contribution is 2.30. The first kappa shape index (κ1) is 19.4. The van der Waals surface area contributed by atoms with Crippen LogP contribution in [0.25, 0.3) is 11.1 Å². The Morgan fingerprint density at radius 1 is 1.13 bits per heavy atom. The minimum absolute atomic E-state index is 0.157. The van der Waals surface area contributed by atoms with Crippen molar-refractivity contribution < 1.29 is 14.4 Å². The SMILES string of the molecule is NC(=O)c1ccnc(NCC2=NOC(COc3ccccc3-c3ccccc3)C2)c1. The van der Waals surface area contributed by atoms with E-state index in [1.165, 1.54) is 6.20 Å². The van der Waals surface area contributed by atoms with E-state index in [0.29, 0.717) is 31.0 Å². The second-order valence-corrected chi connectivity index (χ2v) is 6.91. The summed E-state index contributed by atoms with van der Waals surface area (Å²) in [6.07, 6.45) is 2.03. The lowest BCUT2D eigenvalue weighted by Gasteiger charge is -2.14. The lowest BCUT2D eigenvalue weighted by molar-refractivity contribution is 0.0472. The molecule has 0 bridgehead atoms. The van der Waals surface area contributed by atoms with Crippen molar-refractivity contribution in [1.82, 2.24) is 4.98 Å². The third-order valence-electron chi connectivity index (χ3n) is 4.71. The summed E-state index contributed by atoms with van der Waals surface area (Å²) in [4.78, 5) is 21.0. The second kappa shape index (κ2) is 9.09. The first-order chi connectivity index (χ1) is 14.7. The molecular weight excluding hydrogens is 380 g/mol. The number of anilines is 1. The Balaban J connectivity index is 1.30. The third-order valence-corrected chi connectivity index (χ3v) is 4.71. The van der Waals surface area contributed by atoms with Crippen LogP contribution in [-0.4, -0.2) is 35.9 Å². The van der Waals surface area contributed by atoms with Gasteiger partial charge < -0.3 is 20.6 Å². The summed E-state index contributed by atoms with van der Waals surface area (Å²) in [6, 6.07) is 21.3. The van der Waals surface area contributed by atoms with E-state index in [0.717, 1.165) is 22.6 Å². The minimum Gasteiger partial charge on any atom is -0.489 e. The Hall–Kier alpha value is -3.87. The number of amides is 1. The van der Waals surface area contributed by atoms with Crippen LogP contribution >= 0.6 is 0 Å². The Labute approximate surface area is 174 Å². The van der Waals surface area contributed by atoms with Crippen LogP contribution in [0.1, 0.15) is 16.8 Å². The first-order valence-corrected chi connectivity index (χ1v) is 9.67. The van der Waals surface area contributed by atoms with Gasteiger partial charge in [0.2, 0.25) is 5.91 Å². The zero-order valence-electron chi connectivity index (χ0n) is 16.3. The van der Waals surface area contributed by atoms with Gasteiger partial charge in [-0.05, 0) is 23.8 Å². The zero-order valence-corrected chi connectivity index (χ0v) is 16.3. The summed E-state index contributed by atoms with van der Waals surface area (Å²) in [7, 11) is 0. The van der Waals surface area contributed by atoms with Gasteiger partial charge in [0.05, 0.1) is 12.3 Å². The number of ether oxygens (including phenoxy) is 1. The number of nitrogens with one attached hydrogen (secondary N) is 1. The van der Waals surface area contributed by atoms with Crippen molar-refractivity contribution >= 4 is 17.4 Å². The van der Waals surface area contributed by atoms with Gasteiger partial charge in [-0.3, -0.25) is 4.79 Å². The highest BCUT2D eigenvalue weighted by molar-refractivity contribution is 5.93. The molecule has 1 aliphatic rings. The van der Waals surface area contributed by atoms with Gasteiger partial charge in [-0.2, -0.15) is 0 Å². The molecule has 1 aromatic heterocycles. The zero-order chi connectivity index (χ0) is 20.8. The Bertz CT molecular complexity index is 1050. The van der Waals surface area contributed by atoms with Crippen LogP contribution in [0.3, 0.4) is 0 Å². The van der Waals surface area contributed by atoms with Crippen molar-refractivity contribution in [2.75, 3.05) is 18.5 Å². The van der Waals surface area contributed by atoms with Gasteiger partial charge in [0.1, 0.15) is 18.2 Å². The van der Waals surface area contributed by atoms with Crippen molar-refractivity contribution in [3.63, 3.8) is 0 Å². The maximum Gasteiger partial charge on any atom is 0.248 e. The number of aromatic nitrogens is 1. The molecule has 3 N–H and O–H groups in total. The number of nitrogens with zero attached hydrogens (tertiary/aromatic N) is 2. The van der Waals surface area contributed by atoms with Gasteiger partial charge in [-0.25, -0.2) is 4.98 Å². The number of hydrogen-bond acceptors (Lipinski definition) is 6. The summed E-state index contributed by atoms with van der Waals surface area (Å²) in [5.74, 6) is 0.881. The second-order valence-electron chi connectivity index (χ2n) is 6.91. The molecule has 30 heavy (non-hydrogen) atoms. The molecule has 3 aromatic rings. The monoisotopic (exact) mass is 402 g/mol. The quantitative estimate of drug-likeness (QED) is 0.601. The molecule has 1 aliphatic heterocycles. The van der Waals surface area contributed by atoms with E-state index < -0.39 is 5.91 Å². The number of benzene rings is 2. The maximum atomic E-state index is 11.3. The van der Waals surface area contributed by atoms with Crippen LogP contribution in [0, 0.1) is 0 Å². The first-order valence-electron chi connectivity index (χ1n) is 9.67. The van der Waals surface area contributed by atoms with E-state index in [4.69, 9.17) is 15.3 Å². The van der Waals surface area contributed by atoms with E-state index in [-0.39, 0.29) is 6.10 Å². The van der Waals surface area contributed by atoms with E-state index in [1.54, 1.807) is 12.1 Å². The van der Waals surface area contributed by atoms with Gasteiger partial charge in [0, 0.05) is 23.7 Å². The Morgan fingerprint density at radius 2 is 1.93 bits per heavy atom. The molecule has 1 unspecified atom stereocenters. The minimum atomic E-state index is -0.491. The van der Waals surface area contributed by atoms with Gasteiger partial charge in [-0.1, -0.05) is 53.7 Å². The highest BCUT2D eigenvalue weighted by atomic mass is 16.7. The Kier molecular flexibility index (Phi) is 5.89. The molecule has 2 heterocycles. The largest absolute Gasteiger partial charge is 0.489 e. The van der Waals surface area contributed by atoms with Crippen LogP contribution in [0.5, 0.6) is 5.75 Å². The van der Waals surface area contributed by atoms with Crippen molar-refractivity contribution in [2.45, 2.75) is 12.5 Å². The third kappa shape index (κ3) is 4.75. The van der Waals surface area contributed by atoms with Gasteiger partial charge in [-0.15, -0.1) is 0 Å². The summed E-state index contributed by atoms with van der Waals surface area (Å²) in [5, 5.41) is 7.27. The van der Waals surface area contributed by atoms with Crippen LogP contribution in [0.2, 0.25) is 0 Å². The molecule has 4 rings (SSSR count). The average molecular weight is 402 g/mol.